The molecule has 1 aromatic heterocycles. The van der Waals surface area contributed by atoms with Gasteiger partial charge in [-0.05, 0) is 5.56 Å². The number of hydrogen-bond acceptors (Lipinski definition) is 6. The number of nitrogens with one attached hydrogen (secondary N) is 1. The molecule has 0 radical (unpaired) electrons. The van der Waals surface area contributed by atoms with Crippen molar-refractivity contribution in [3.63, 3.8) is 0 Å². The average Bonchev–Trinajstić information content (AvgIpc) is 2.62. The van der Waals surface area contributed by atoms with Crippen LogP contribution in [0.5, 0.6) is 0 Å². The lowest BCUT2D eigenvalue weighted by Gasteiger charge is -2.06. The van der Waals surface area contributed by atoms with E-state index in [1.807, 2.05) is 37.3 Å². The van der Waals surface area contributed by atoms with Crippen molar-refractivity contribution in [2.24, 2.45) is 19.2 Å². The number of rotatable bonds is 6. The molecular weight excluding hydrogens is 342 g/mol. The third kappa shape index (κ3) is 4.90. The van der Waals surface area contributed by atoms with Crippen molar-refractivity contribution in [3.05, 3.63) is 56.7 Å². The summed E-state index contributed by atoms with van der Waals surface area (Å²) in [4.78, 5) is 35.3. The normalized spacial score (nSPS) is 12.3. The summed E-state index contributed by atoms with van der Waals surface area (Å²) in [5.74, 6) is -0.330. The molecule has 0 aliphatic heterocycles. The fourth-order valence-electron chi connectivity index (χ4n) is 1.99. The molecule has 1 aromatic carbocycles. The summed E-state index contributed by atoms with van der Waals surface area (Å²) in [5, 5.41) is 7.89. The van der Waals surface area contributed by atoms with Crippen LogP contribution >= 0.6 is 11.8 Å². The summed E-state index contributed by atoms with van der Waals surface area (Å²) >= 11 is 0.957. The molecule has 25 heavy (non-hydrogen) atoms. The van der Waals surface area contributed by atoms with Crippen molar-refractivity contribution in [1.82, 2.24) is 19.8 Å². The molecule has 2 aromatic rings. The second kappa shape index (κ2) is 8.43. The quantitative estimate of drug-likeness (QED) is 0.458. The second-order valence-corrected chi connectivity index (χ2v) is 6.34. The number of aromatic nitrogens is 3. The van der Waals surface area contributed by atoms with Crippen molar-refractivity contribution >= 4 is 23.9 Å². The molecule has 1 heterocycles. The fraction of sp³-hybridized carbons (Fsp3) is 0.312. The van der Waals surface area contributed by atoms with E-state index in [1.54, 1.807) is 6.21 Å². The monoisotopic (exact) mass is 361 g/mol. The number of thioether (sulfide) groups is 1. The molecule has 132 valence electrons. The molecule has 1 amide bonds. The van der Waals surface area contributed by atoms with Gasteiger partial charge in [0, 0.05) is 26.2 Å². The lowest BCUT2D eigenvalue weighted by Crippen LogP contribution is -2.39. The number of nitrogens with zero attached hydrogens (tertiary/aromatic N) is 4. The lowest BCUT2D eigenvalue weighted by atomic mass is 10.0. The highest BCUT2D eigenvalue weighted by molar-refractivity contribution is 7.99. The Labute approximate surface area is 148 Å². The molecule has 2 rings (SSSR count). The topological polar surface area (TPSA) is 98.3 Å². The van der Waals surface area contributed by atoms with Crippen molar-refractivity contribution in [1.29, 1.82) is 0 Å². The molecule has 8 nitrogen and oxygen atoms in total. The van der Waals surface area contributed by atoms with Gasteiger partial charge in [0.2, 0.25) is 5.91 Å². The molecule has 0 unspecified atom stereocenters. The first kappa shape index (κ1) is 18.7. The maximum atomic E-state index is 11.9. The Balaban J connectivity index is 1.90. The molecule has 0 bridgehead atoms. The number of carbonyl (C=O) groups is 1. The Bertz CT molecular complexity index is 889. The van der Waals surface area contributed by atoms with Crippen LogP contribution in [0.15, 0.2) is 50.0 Å². The molecule has 1 N–H and O–H groups in total. The Morgan fingerprint density at radius 3 is 2.68 bits per heavy atom. The summed E-state index contributed by atoms with van der Waals surface area (Å²) in [6.45, 7) is 1.97. The Kier molecular flexibility index (Phi) is 6.29. The number of benzene rings is 1. The van der Waals surface area contributed by atoms with Crippen LogP contribution in [0, 0.1) is 0 Å². The highest BCUT2D eigenvalue weighted by Gasteiger charge is 2.11. The molecule has 0 fully saturated rings. The van der Waals surface area contributed by atoms with E-state index in [0.717, 1.165) is 26.6 Å². The second-order valence-electron chi connectivity index (χ2n) is 5.38. The van der Waals surface area contributed by atoms with Gasteiger partial charge in [0.15, 0.2) is 5.03 Å². The summed E-state index contributed by atoms with van der Waals surface area (Å²) < 4.78 is 2.01. The zero-order valence-electron chi connectivity index (χ0n) is 14.2. The zero-order chi connectivity index (χ0) is 18.4. The first-order valence-corrected chi connectivity index (χ1v) is 8.53. The smallest absolute Gasteiger partial charge is 0.272 e. The third-order valence-corrected chi connectivity index (χ3v) is 4.38. The van der Waals surface area contributed by atoms with E-state index in [4.69, 9.17) is 0 Å². The van der Waals surface area contributed by atoms with E-state index in [9.17, 15) is 14.4 Å². The summed E-state index contributed by atoms with van der Waals surface area (Å²) in [6.07, 6.45) is 1.64. The van der Waals surface area contributed by atoms with Crippen LogP contribution < -0.4 is 16.7 Å². The number of amides is 1. The minimum absolute atomic E-state index is 0.0303. The van der Waals surface area contributed by atoms with Crippen molar-refractivity contribution < 1.29 is 4.79 Å². The van der Waals surface area contributed by atoms with Crippen LogP contribution in [0.1, 0.15) is 18.4 Å². The van der Waals surface area contributed by atoms with Crippen LogP contribution in [-0.2, 0) is 18.9 Å². The first-order chi connectivity index (χ1) is 11.9. The summed E-state index contributed by atoms with van der Waals surface area (Å²) in [7, 11) is 2.81. The van der Waals surface area contributed by atoms with Gasteiger partial charge in [-0.2, -0.15) is 10.2 Å². The molecule has 1 atom stereocenters. The zero-order valence-corrected chi connectivity index (χ0v) is 15.0. The predicted octanol–water partition coefficient (Wildman–Crippen LogP) is 0.477. The van der Waals surface area contributed by atoms with E-state index in [1.165, 1.54) is 14.1 Å². The van der Waals surface area contributed by atoms with E-state index in [0.29, 0.717) is 0 Å². The summed E-state index contributed by atoms with van der Waals surface area (Å²) in [6, 6.07) is 9.78. The van der Waals surface area contributed by atoms with Crippen LogP contribution in [-0.4, -0.2) is 32.2 Å². The maximum Gasteiger partial charge on any atom is 0.346 e. The van der Waals surface area contributed by atoms with Gasteiger partial charge in [0.25, 0.3) is 5.56 Å². The molecular formula is C16H19N5O3S. The van der Waals surface area contributed by atoms with Gasteiger partial charge in [0.1, 0.15) is 0 Å². The van der Waals surface area contributed by atoms with Crippen molar-refractivity contribution in [3.8, 4) is 0 Å². The SMILES string of the molecule is C[C@@H](/C=N\NC(=O)CSc1nn(C)c(=O)n(C)c1=O)c1ccccc1. The molecule has 9 heteroatoms. The Morgan fingerprint density at radius 1 is 1.32 bits per heavy atom. The number of carbonyl (C=O) groups excluding carboxylic acids is 1. The highest BCUT2D eigenvalue weighted by atomic mass is 32.2. The number of aryl methyl sites for hydroxylation is 1. The van der Waals surface area contributed by atoms with Crippen LogP contribution in [0.2, 0.25) is 0 Å². The van der Waals surface area contributed by atoms with Gasteiger partial charge >= 0.3 is 5.69 Å². The van der Waals surface area contributed by atoms with Gasteiger partial charge < -0.3 is 0 Å². The van der Waals surface area contributed by atoms with Crippen LogP contribution in [0.25, 0.3) is 0 Å². The summed E-state index contributed by atoms with van der Waals surface area (Å²) in [5.41, 5.74) is 2.47. The molecule has 0 saturated heterocycles. The molecule has 0 aliphatic rings. The van der Waals surface area contributed by atoms with E-state index < -0.39 is 11.2 Å². The van der Waals surface area contributed by atoms with E-state index in [2.05, 4.69) is 15.6 Å². The lowest BCUT2D eigenvalue weighted by molar-refractivity contribution is -0.118. The van der Waals surface area contributed by atoms with Gasteiger partial charge in [-0.1, -0.05) is 49.0 Å². The van der Waals surface area contributed by atoms with E-state index >= 15 is 0 Å². The maximum absolute atomic E-state index is 11.9. The minimum Gasteiger partial charge on any atom is -0.272 e. The Morgan fingerprint density at radius 2 is 2.00 bits per heavy atom. The minimum atomic E-state index is -0.526. The fourth-order valence-corrected chi connectivity index (χ4v) is 2.76. The highest BCUT2D eigenvalue weighted by Crippen LogP contribution is 2.11. The van der Waals surface area contributed by atoms with Crippen molar-refractivity contribution in [2.75, 3.05) is 5.75 Å². The van der Waals surface area contributed by atoms with Gasteiger partial charge in [-0.3, -0.25) is 14.2 Å². The molecule has 0 aliphatic carbocycles. The van der Waals surface area contributed by atoms with Crippen LogP contribution in [0.4, 0.5) is 0 Å². The average molecular weight is 361 g/mol. The number of hydrogen-bond donors (Lipinski definition) is 1. The molecule has 0 spiro atoms. The van der Waals surface area contributed by atoms with Crippen molar-refractivity contribution in [2.45, 2.75) is 17.9 Å². The molecule has 0 saturated carbocycles. The van der Waals surface area contributed by atoms with Gasteiger partial charge in [-0.25, -0.2) is 14.9 Å². The number of hydrazone groups is 1. The van der Waals surface area contributed by atoms with Crippen LogP contribution in [0.3, 0.4) is 0 Å². The van der Waals surface area contributed by atoms with E-state index in [-0.39, 0.29) is 22.6 Å². The third-order valence-electron chi connectivity index (χ3n) is 3.44. The Hall–Kier alpha value is -2.68. The van der Waals surface area contributed by atoms with Gasteiger partial charge in [-0.15, -0.1) is 0 Å². The van der Waals surface area contributed by atoms with Gasteiger partial charge in [0.05, 0.1) is 5.75 Å². The standard InChI is InChI=1S/C16H19N5O3S/c1-11(12-7-5-4-6-8-12)9-17-18-13(22)10-25-14-15(23)20(2)16(24)21(3)19-14/h4-9,11H,10H2,1-3H3,(H,18,22)/b17-9-/t11-/m0/s1. The largest absolute Gasteiger partial charge is 0.346 e. The predicted molar refractivity (Wildman–Crippen MR) is 96.9 cm³/mol. The first-order valence-electron chi connectivity index (χ1n) is 7.54.